The summed E-state index contributed by atoms with van der Waals surface area (Å²) in [6.07, 6.45) is 2.30. The lowest BCUT2D eigenvalue weighted by molar-refractivity contribution is -0.141. The van der Waals surface area contributed by atoms with Crippen molar-refractivity contribution >= 4 is 41.4 Å². The minimum Gasteiger partial charge on any atom is -0.481 e. The van der Waals surface area contributed by atoms with E-state index in [0.29, 0.717) is 56.8 Å². The number of unbranched alkanes of at least 4 members (excludes halogenated alkanes) is 3. The Morgan fingerprint density at radius 1 is 0.875 bits per heavy atom. The Kier molecular flexibility index (Phi) is 16.2. The monoisotopic (exact) mass is 582 g/mol. The average Bonchev–Trinajstić information content (AvgIpc) is 2.90. The highest BCUT2D eigenvalue weighted by Crippen LogP contribution is 2.15. The number of rotatable bonds is 20. The molecular weight excluding hydrogens is 548 g/mol. The van der Waals surface area contributed by atoms with Gasteiger partial charge in [0.15, 0.2) is 0 Å². The third-order valence-electron chi connectivity index (χ3n) is 5.88. The molecule has 14 nitrogen and oxygen atoms in total. The van der Waals surface area contributed by atoms with Gasteiger partial charge in [-0.2, -0.15) is 0 Å². The zero-order chi connectivity index (χ0) is 29.9. The van der Waals surface area contributed by atoms with E-state index >= 15 is 0 Å². The Bertz CT molecular complexity index is 1050. The van der Waals surface area contributed by atoms with E-state index in [1.165, 1.54) is 0 Å². The topological polar surface area (TPSA) is 222 Å². The molecule has 0 aliphatic rings. The summed E-state index contributed by atoms with van der Waals surface area (Å²) in [6.45, 7) is 1.05. The molecule has 0 bridgehead atoms. The number of carbonyl (C=O) groups is 5. The van der Waals surface area contributed by atoms with Crippen molar-refractivity contribution in [1.82, 2.24) is 15.5 Å². The van der Waals surface area contributed by atoms with E-state index in [-0.39, 0.29) is 18.7 Å². The van der Waals surface area contributed by atoms with Crippen molar-refractivity contribution in [3.05, 3.63) is 45.3 Å². The van der Waals surface area contributed by atoms with Gasteiger partial charge in [-0.25, -0.2) is 14.4 Å². The van der Waals surface area contributed by atoms with E-state index in [9.17, 15) is 29.1 Å². The number of nitrogens with one attached hydrogen (secondary N) is 2. The smallest absolute Gasteiger partial charge is 0.326 e. The molecule has 2 atom stereocenters. The van der Waals surface area contributed by atoms with Crippen LogP contribution in [-0.2, 0) is 25.7 Å². The summed E-state index contributed by atoms with van der Waals surface area (Å²) in [4.78, 5) is 63.1. The van der Waals surface area contributed by atoms with Gasteiger partial charge in [0.05, 0.1) is 0 Å². The summed E-state index contributed by atoms with van der Waals surface area (Å²) in [5.74, 6) is -4.07. The Morgan fingerprint density at radius 3 is 2.08 bits per heavy atom. The van der Waals surface area contributed by atoms with Gasteiger partial charge in [0.1, 0.15) is 12.1 Å². The van der Waals surface area contributed by atoms with Gasteiger partial charge in [-0.1, -0.05) is 35.3 Å². The van der Waals surface area contributed by atoms with E-state index in [1.807, 2.05) is 12.1 Å². The molecule has 0 aliphatic heterocycles. The molecule has 1 aromatic rings. The van der Waals surface area contributed by atoms with Crippen LogP contribution in [0.2, 0.25) is 5.02 Å². The second-order valence-electron chi connectivity index (χ2n) is 9.03. The SMILES string of the molecule is [N-]=[N+]=NCCCCCC(=O)N(CCCC[C@H](NC(=O)N[C@@H](CCC(=O)O)C(=O)O)C(=O)O)Cc1ccc(Cl)cc1. The number of hydrogen-bond donors (Lipinski definition) is 5. The number of carboxylic acid groups (broad SMARTS) is 3. The maximum absolute atomic E-state index is 12.9. The molecule has 0 radical (unpaired) electrons. The third kappa shape index (κ3) is 14.8. The van der Waals surface area contributed by atoms with Gasteiger partial charge in [-0.05, 0) is 61.8 Å². The minimum absolute atomic E-state index is 0.0258. The van der Waals surface area contributed by atoms with Crippen molar-refractivity contribution < 1.29 is 39.3 Å². The number of urea groups is 1. The Balaban J connectivity index is 2.66. The van der Waals surface area contributed by atoms with Crippen LogP contribution in [0.3, 0.4) is 0 Å². The first kappa shape index (κ1) is 34.0. The standard InChI is InChI=1S/C25H35ClN6O8/c26-18-10-8-17(9-11-18)16-32(21(33)7-2-1-4-14-28-31-27)15-5-3-6-19(23(36)37)29-25(40)30-20(24(38)39)12-13-22(34)35/h8-11,19-20H,1-7,12-16H2,(H,34,35)(H,36,37)(H,38,39)(H2,29,30,40)/t19-,20-/m0/s1. The fourth-order valence-electron chi connectivity index (χ4n) is 3.73. The first-order valence-corrected chi connectivity index (χ1v) is 13.2. The zero-order valence-electron chi connectivity index (χ0n) is 22.0. The minimum atomic E-state index is -1.49. The van der Waals surface area contributed by atoms with Crippen molar-refractivity contribution in [3.8, 4) is 0 Å². The van der Waals surface area contributed by atoms with Crippen LogP contribution in [0.1, 0.15) is 63.4 Å². The number of nitrogens with zero attached hydrogens (tertiary/aromatic N) is 4. The number of amides is 3. The van der Waals surface area contributed by atoms with Crippen molar-refractivity contribution in [2.24, 2.45) is 5.11 Å². The predicted octanol–water partition coefficient (Wildman–Crippen LogP) is 3.78. The highest BCUT2D eigenvalue weighted by molar-refractivity contribution is 6.30. The van der Waals surface area contributed by atoms with E-state index in [4.69, 9.17) is 27.3 Å². The van der Waals surface area contributed by atoms with E-state index in [1.54, 1.807) is 17.0 Å². The molecule has 40 heavy (non-hydrogen) atoms. The van der Waals surface area contributed by atoms with Gasteiger partial charge < -0.3 is 30.9 Å². The first-order valence-electron chi connectivity index (χ1n) is 12.8. The molecule has 5 N–H and O–H groups in total. The van der Waals surface area contributed by atoms with E-state index < -0.39 is 42.4 Å². The van der Waals surface area contributed by atoms with Crippen LogP contribution in [0.5, 0.6) is 0 Å². The van der Waals surface area contributed by atoms with Crippen LogP contribution in [0.25, 0.3) is 10.4 Å². The number of carbonyl (C=O) groups excluding carboxylic acids is 2. The third-order valence-corrected chi connectivity index (χ3v) is 6.13. The van der Waals surface area contributed by atoms with Crippen LogP contribution in [0.15, 0.2) is 29.4 Å². The Labute approximate surface area is 236 Å². The van der Waals surface area contributed by atoms with Gasteiger partial charge in [0.2, 0.25) is 5.91 Å². The molecule has 0 saturated heterocycles. The quantitative estimate of drug-likeness (QED) is 0.0656. The first-order chi connectivity index (χ1) is 19.0. The maximum Gasteiger partial charge on any atom is 0.326 e. The number of aliphatic carboxylic acids is 3. The van der Waals surface area contributed by atoms with Gasteiger partial charge >= 0.3 is 23.9 Å². The summed E-state index contributed by atoms with van der Waals surface area (Å²) in [6, 6.07) is 3.23. The van der Waals surface area contributed by atoms with Crippen molar-refractivity contribution in [1.29, 1.82) is 0 Å². The second kappa shape index (κ2) is 19.1. The lowest BCUT2D eigenvalue weighted by atomic mass is 10.1. The average molecular weight is 583 g/mol. The van der Waals surface area contributed by atoms with Crippen LogP contribution >= 0.6 is 11.6 Å². The molecular formula is C25H35ClN6O8. The van der Waals surface area contributed by atoms with E-state index in [0.717, 1.165) is 12.0 Å². The van der Waals surface area contributed by atoms with Crippen molar-refractivity contribution in [2.45, 2.75) is 76.4 Å². The van der Waals surface area contributed by atoms with Gasteiger partial charge in [-0.15, -0.1) is 0 Å². The van der Waals surface area contributed by atoms with Crippen LogP contribution < -0.4 is 10.6 Å². The van der Waals surface area contributed by atoms with Crippen molar-refractivity contribution in [2.75, 3.05) is 13.1 Å². The second-order valence-corrected chi connectivity index (χ2v) is 9.47. The summed E-state index contributed by atoms with van der Waals surface area (Å²) >= 11 is 5.95. The maximum atomic E-state index is 12.9. The fraction of sp³-hybridized carbons (Fsp3) is 0.560. The molecule has 0 fully saturated rings. The van der Waals surface area contributed by atoms with Crippen LogP contribution in [0.4, 0.5) is 4.79 Å². The molecule has 0 aliphatic carbocycles. The molecule has 1 rings (SSSR count). The van der Waals surface area contributed by atoms with Gasteiger partial charge in [0.25, 0.3) is 0 Å². The molecule has 1 aromatic carbocycles. The summed E-state index contributed by atoms with van der Waals surface area (Å²) < 4.78 is 0. The lowest BCUT2D eigenvalue weighted by Gasteiger charge is -2.24. The number of halogens is 1. The summed E-state index contributed by atoms with van der Waals surface area (Å²) in [7, 11) is 0. The normalized spacial score (nSPS) is 11.9. The molecule has 3 amide bonds. The Hall–Kier alpha value is -4.03. The zero-order valence-corrected chi connectivity index (χ0v) is 22.8. The summed E-state index contributed by atoms with van der Waals surface area (Å²) in [5, 5.41) is 35.7. The van der Waals surface area contributed by atoms with Crippen LogP contribution in [0, 0.1) is 0 Å². The van der Waals surface area contributed by atoms with E-state index in [2.05, 4.69) is 20.7 Å². The van der Waals surface area contributed by atoms with Gasteiger partial charge in [0, 0.05) is 42.4 Å². The Morgan fingerprint density at radius 2 is 1.50 bits per heavy atom. The van der Waals surface area contributed by atoms with Gasteiger partial charge in [-0.3, -0.25) is 9.59 Å². The molecule has 0 unspecified atom stereocenters. The lowest BCUT2D eigenvalue weighted by Crippen LogP contribution is -2.51. The molecule has 220 valence electrons. The fourth-order valence-corrected chi connectivity index (χ4v) is 3.86. The largest absolute Gasteiger partial charge is 0.481 e. The highest BCUT2D eigenvalue weighted by Gasteiger charge is 2.25. The summed E-state index contributed by atoms with van der Waals surface area (Å²) in [5.41, 5.74) is 9.21. The van der Waals surface area contributed by atoms with Crippen LogP contribution in [-0.4, -0.2) is 75.2 Å². The molecule has 0 saturated carbocycles. The number of azide groups is 1. The molecule has 15 heteroatoms. The number of hydrogen-bond acceptors (Lipinski definition) is 6. The highest BCUT2D eigenvalue weighted by atomic mass is 35.5. The number of carboxylic acids is 3. The predicted molar refractivity (Wildman–Crippen MR) is 145 cm³/mol. The number of benzene rings is 1. The molecule has 0 heterocycles. The van der Waals surface area contributed by atoms with Crippen molar-refractivity contribution in [3.63, 3.8) is 0 Å². The molecule has 0 aromatic heterocycles. The molecule has 0 spiro atoms.